The molecular formula is C24H41NO5. The second-order valence-corrected chi connectivity index (χ2v) is 7.84. The molecule has 0 spiro atoms. The number of carboxylic acids is 1. The minimum atomic E-state index is -1.26. The molecule has 1 aromatic carbocycles. The molecule has 0 saturated heterocycles. The number of aromatic carboxylic acids is 1. The third kappa shape index (κ3) is 9.26. The molecule has 1 rings (SSSR count). The Bertz CT molecular complexity index is 668. The molecule has 0 aliphatic rings. The molecule has 0 atom stereocenters. The van der Waals surface area contributed by atoms with Gasteiger partial charge in [0.1, 0.15) is 0 Å². The number of benzene rings is 1. The first-order chi connectivity index (χ1) is 14.2. The van der Waals surface area contributed by atoms with Gasteiger partial charge in [-0.25, -0.2) is 4.79 Å². The summed E-state index contributed by atoms with van der Waals surface area (Å²) in [5.74, 6) is -1.78. The first-order valence-corrected chi connectivity index (χ1v) is 11.2. The van der Waals surface area contributed by atoms with E-state index in [1.807, 2.05) is 0 Å². The van der Waals surface area contributed by atoms with Gasteiger partial charge in [0, 0.05) is 12.0 Å². The fourth-order valence-corrected chi connectivity index (χ4v) is 3.52. The highest BCUT2D eigenvalue weighted by Crippen LogP contribution is 2.31. The van der Waals surface area contributed by atoms with Gasteiger partial charge < -0.3 is 21.1 Å². The van der Waals surface area contributed by atoms with E-state index >= 15 is 0 Å². The Kier molecular flexibility index (Phi) is 14.8. The lowest BCUT2D eigenvalue weighted by Crippen LogP contribution is -2.51. The van der Waals surface area contributed by atoms with Gasteiger partial charge in [0.15, 0.2) is 5.78 Å². The number of carbonyl (C=O) groups excluding carboxylic acids is 1. The molecule has 6 heteroatoms. The van der Waals surface area contributed by atoms with E-state index < -0.39 is 11.7 Å². The normalized spacial score (nSPS) is 10.5. The van der Waals surface area contributed by atoms with Crippen molar-refractivity contribution in [3.8, 4) is 5.75 Å². The van der Waals surface area contributed by atoms with Crippen LogP contribution in [0.15, 0.2) is 0 Å². The summed E-state index contributed by atoms with van der Waals surface area (Å²) < 4.78 is 0. The SMILES string of the molecule is CCCCCCCCCCCC(=O)c1c(C)c(C)c([O-])c(C(=O)O)c1C.[NH3+]CCO. The zero-order chi connectivity index (χ0) is 23.1. The number of hydrogen-bond donors (Lipinski definition) is 3. The topological polar surface area (TPSA) is 125 Å². The number of aliphatic hydroxyl groups is 1. The molecule has 5 N–H and O–H groups in total. The lowest BCUT2D eigenvalue weighted by atomic mass is 9.88. The van der Waals surface area contributed by atoms with Crippen LogP contribution in [0.5, 0.6) is 5.75 Å². The lowest BCUT2D eigenvalue weighted by molar-refractivity contribution is -0.372. The van der Waals surface area contributed by atoms with Gasteiger partial charge in [0.05, 0.1) is 18.7 Å². The maximum atomic E-state index is 12.6. The summed E-state index contributed by atoms with van der Waals surface area (Å²) in [5.41, 5.74) is 4.82. The van der Waals surface area contributed by atoms with E-state index in [0.29, 0.717) is 35.2 Å². The Balaban J connectivity index is 0.00000192. The van der Waals surface area contributed by atoms with Crippen LogP contribution in [0.2, 0.25) is 0 Å². The number of carbonyl (C=O) groups is 2. The number of aliphatic hydroxyl groups excluding tert-OH is 1. The number of Topliss-reactive ketones (excluding diaryl/α,β-unsaturated/α-hetero) is 1. The monoisotopic (exact) mass is 423 g/mol. The van der Waals surface area contributed by atoms with Crippen LogP contribution in [-0.4, -0.2) is 35.1 Å². The summed E-state index contributed by atoms with van der Waals surface area (Å²) >= 11 is 0. The van der Waals surface area contributed by atoms with Gasteiger partial charge in [-0.15, -0.1) is 0 Å². The van der Waals surface area contributed by atoms with E-state index in [-0.39, 0.29) is 18.0 Å². The fourth-order valence-electron chi connectivity index (χ4n) is 3.52. The number of rotatable bonds is 13. The van der Waals surface area contributed by atoms with Gasteiger partial charge >= 0.3 is 5.97 Å². The van der Waals surface area contributed by atoms with Crippen molar-refractivity contribution in [2.24, 2.45) is 0 Å². The van der Waals surface area contributed by atoms with Crippen LogP contribution in [-0.2, 0) is 0 Å². The van der Waals surface area contributed by atoms with Gasteiger partial charge in [0.25, 0.3) is 0 Å². The number of unbranched alkanes of at least 4 members (excludes halogenated alkanes) is 8. The Morgan fingerprint density at radius 3 is 1.73 bits per heavy atom. The van der Waals surface area contributed by atoms with E-state index in [9.17, 15) is 19.8 Å². The van der Waals surface area contributed by atoms with Gasteiger partial charge in [-0.05, 0) is 38.3 Å². The molecule has 0 amide bonds. The molecule has 6 nitrogen and oxygen atoms in total. The summed E-state index contributed by atoms with van der Waals surface area (Å²) in [6.45, 7) is 7.95. The third-order valence-corrected chi connectivity index (χ3v) is 5.41. The largest absolute Gasteiger partial charge is 0.872 e. The van der Waals surface area contributed by atoms with Gasteiger partial charge in [0.2, 0.25) is 0 Å². The van der Waals surface area contributed by atoms with Crippen LogP contribution in [0, 0.1) is 20.8 Å². The fraction of sp³-hybridized carbons (Fsp3) is 0.667. The maximum absolute atomic E-state index is 12.6. The molecule has 0 unspecified atom stereocenters. The molecule has 0 bridgehead atoms. The highest BCUT2D eigenvalue weighted by molar-refractivity contribution is 6.04. The zero-order valence-electron chi connectivity index (χ0n) is 19.3. The Hall–Kier alpha value is -1.92. The van der Waals surface area contributed by atoms with Crippen molar-refractivity contribution < 1.29 is 30.6 Å². The Morgan fingerprint density at radius 2 is 1.30 bits per heavy atom. The molecule has 0 saturated carbocycles. The summed E-state index contributed by atoms with van der Waals surface area (Å²) in [5, 5.41) is 29.3. The van der Waals surface area contributed by atoms with Crippen LogP contribution in [0.25, 0.3) is 0 Å². The first-order valence-electron chi connectivity index (χ1n) is 11.2. The summed E-state index contributed by atoms with van der Waals surface area (Å²) in [6.07, 6.45) is 11.0. The predicted molar refractivity (Wildman–Crippen MR) is 118 cm³/mol. The second kappa shape index (κ2) is 15.9. The van der Waals surface area contributed by atoms with E-state index in [1.165, 1.54) is 38.5 Å². The van der Waals surface area contributed by atoms with Crippen molar-refractivity contribution in [3.63, 3.8) is 0 Å². The minimum absolute atomic E-state index is 0.0476. The molecule has 0 aliphatic carbocycles. The van der Waals surface area contributed by atoms with Crippen LogP contribution in [0.1, 0.15) is 109 Å². The van der Waals surface area contributed by atoms with Crippen LogP contribution < -0.4 is 10.8 Å². The van der Waals surface area contributed by atoms with E-state index in [2.05, 4.69) is 12.7 Å². The maximum Gasteiger partial charge on any atom is 0.335 e. The van der Waals surface area contributed by atoms with Gasteiger partial charge in [-0.3, -0.25) is 4.79 Å². The highest BCUT2D eigenvalue weighted by Gasteiger charge is 2.21. The molecule has 0 heterocycles. The van der Waals surface area contributed by atoms with Crippen molar-refractivity contribution in [1.82, 2.24) is 0 Å². The van der Waals surface area contributed by atoms with Crippen LogP contribution in [0.3, 0.4) is 0 Å². The third-order valence-electron chi connectivity index (χ3n) is 5.41. The van der Waals surface area contributed by atoms with Crippen LogP contribution in [0.4, 0.5) is 0 Å². The van der Waals surface area contributed by atoms with E-state index in [1.54, 1.807) is 20.8 Å². The van der Waals surface area contributed by atoms with Crippen molar-refractivity contribution >= 4 is 11.8 Å². The second-order valence-electron chi connectivity index (χ2n) is 7.84. The van der Waals surface area contributed by atoms with Crippen molar-refractivity contribution in [1.29, 1.82) is 0 Å². The quantitative estimate of drug-likeness (QED) is 0.329. The van der Waals surface area contributed by atoms with Crippen molar-refractivity contribution in [2.45, 2.75) is 91.9 Å². The molecule has 1 aromatic rings. The standard InChI is InChI=1S/C22H34O4.C2H7NO/c1-5-6-7-8-9-10-11-12-13-14-18(23)19-15(2)16(3)21(24)20(17(19)4)22(25)26;3-1-2-4/h24H,5-14H2,1-4H3,(H,25,26);4H,1-3H2. The summed E-state index contributed by atoms with van der Waals surface area (Å²) in [6, 6.07) is 0. The van der Waals surface area contributed by atoms with Crippen LogP contribution >= 0.6 is 0 Å². The molecule has 0 radical (unpaired) electrons. The Labute approximate surface area is 181 Å². The number of carboxylic acid groups (broad SMARTS) is 1. The average molecular weight is 424 g/mol. The Morgan fingerprint density at radius 1 is 0.833 bits per heavy atom. The molecule has 0 aromatic heterocycles. The van der Waals surface area contributed by atoms with E-state index in [4.69, 9.17) is 5.11 Å². The molecule has 0 aliphatic heterocycles. The number of hydrogen-bond acceptors (Lipinski definition) is 4. The average Bonchev–Trinajstić information content (AvgIpc) is 2.71. The zero-order valence-corrected chi connectivity index (χ0v) is 19.3. The van der Waals surface area contributed by atoms with Gasteiger partial charge in [-0.2, -0.15) is 0 Å². The van der Waals surface area contributed by atoms with Crippen molar-refractivity contribution in [3.05, 3.63) is 27.8 Å². The lowest BCUT2D eigenvalue weighted by Gasteiger charge is -2.22. The molecule has 172 valence electrons. The van der Waals surface area contributed by atoms with Gasteiger partial charge in [-0.1, -0.05) is 69.6 Å². The number of ketones is 1. The highest BCUT2D eigenvalue weighted by atomic mass is 16.4. The summed E-state index contributed by atoms with van der Waals surface area (Å²) in [7, 11) is 0. The minimum Gasteiger partial charge on any atom is -0.872 e. The molecular weight excluding hydrogens is 382 g/mol. The molecule has 30 heavy (non-hydrogen) atoms. The first kappa shape index (κ1) is 28.1. The van der Waals surface area contributed by atoms with Crippen molar-refractivity contribution in [2.75, 3.05) is 13.2 Å². The number of quaternary nitrogens is 1. The smallest absolute Gasteiger partial charge is 0.335 e. The van der Waals surface area contributed by atoms with E-state index in [0.717, 1.165) is 19.3 Å². The predicted octanol–water partition coefficient (Wildman–Crippen LogP) is 3.71. The summed E-state index contributed by atoms with van der Waals surface area (Å²) in [4.78, 5) is 24.0. The molecule has 0 fully saturated rings.